The van der Waals surface area contributed by atoms with Gasteiger partial charge >= 0.3 is 0 Å². The predicted molar refractivity (Wildman–Crippen MR) is 93.5 cm³/mol. The summed E-state index contributed by atoms with van der Waals surface area (Å²) in [5.74, 6) is 0.554. The van der Waals surface area contributed by atoms with Gasteiger partial charge in [0.1, 0.15) is 15.7 Å². The smallest absolute Gasteiger partial charge is 0.267 e. The molecule has 0 aliphatic rings. The fourth-order valence-corrected chi connectivity index (χ4v) is 4.47. The molecule has 0 saturated heterocycles. The molecule has 0 radical (unpaired) electrons. The number of amides is 1. The highest BCUT2D eigenvalue weighted by molar-refractivity contribution is 7.21. The van der Waals surface area contributed by atoms with Crippen molar-refractivity contribution >= 4 is 43.9 Å². The first-order valence-electron chi connectivity index (χ1n) is 7.37. The van der Waals surface area contributed by atoms with E-state index in [4.69, 9.17) is 0 Å². The van der Waals surface area contributed by atoms with Crippen molar-refractivity contribution in [3.05, 3.63) is 27.0 Å². The van der Waals surface area contributed by atoms with Crippen LogP contribution in [-0.4, -0.2) is 26.1 Å². The van der Waals surface area contributed by atoms with Crippen molar-refractivity contribution in [3.8, 4) is 0 Å². The minimum Gasteiger partial charge on any atom is -0.296 e. The average Bonchev–Trinajstić information content (AvgIpc) is 3.04. The van der Waals surface area contributed by atoms with Gasteiger partial charge in [-0.3, -0.25) is 10.1 Å². The zero-order valence-electron chi connectivity index (χ0n) is 13.4. The van der Waals surface area contributed by atoms with Gasteiger partial charge in [0.05, 0.1) is 4.88 Å². The van der Waals surface area contributed by atoms with Gasteiger partial charge < -0.3 is 0 Å². The van der Waals surface area contributed by atoms with Gasteiger partial charge in [-0.25, -0.2) is 9.97 Å². The van der Waals surface area contributed by atoms with Gasteiger partial charge in [0.25, 0.3) is 5.91 Å². The predicted octanol–water partition coefficient (Wildman–Crippen LogP) is 3.67. The summed E-state index contributed by atoms with van der Waals surface area (Å²) >= 11 is 2.81. The van der Waals surface area contributed by atoms with Gasteiger partial charge in [0.15, 0.2) is 0 Å². The Bertz CT molecular complexity index is 884. The van der Waals surface area contributed by atoms with Crippen molar-refractivity contribution in [1.82, 2.24) is 20.2 Å². The van der Waals surface area contributed by atoms with Gasteiger partial charge in [0.2, 0.25) is 5.13 Å². The SMILES string of the molecule is CCCc1nnc(NC(=O)c2sc3nc(C)nc(C)c3c2C)s1. The molecule has 0 unspecified atom stereocenters. The molecule has 3 aromatic rings. The Balaban J connectivity index is 1.91. The number of hydrogen-bond donors (Lipinski definition) is 1. The molecule has 120 valence electrons. The Morgan fingerprint density at radius 1 is 1.13 bits per heavy atom. The number of anilines is 1. The molecule has 0 spiro atoms. The molecular weight excluding hydrogens is 330 g/mol. The highest BCUT2D eigenvalue weighted by Gasteiger charge is 2.19. The summed E-state index contributed by atoms with van der Waals surface area (Å²) in [5.41, 5.74) is 1.82. The average molecular weight is 347 g/mol. The van der Waals surface area contributed by atoms with Crippen LogP contribution in [0, 0.1) is 20.8 Å². The standard InChI is InChI=1S/C15H17N5OS2/c1-5-6-10-19-20-15(22-10)18-13(21)12-7(2)11-8(3)16-9(4)17-14(11)23-12/h5-6H2,1-4H3,(H,18,20,21). The van der Waals surface area contributed by atoms with Crippen molar-refractivity contribution in [3.63, 3.8) is 0 Å². The van der Waals surface area contributed by atoms with Gasteiger partial charge in [-0.2, -0.15) is 0 Å². The number of thiophene rings is 1. The lowest BCUT2D eigenvalue weighted by atomic mass is 10.1. The molecular formula is C15H17N5OS2. The summed E-state index contributed by atoms with van der Waals surface area (Å²) in [5, 5.41) is 13.4. The molecule has 0 aliphatic heterocycles. The molecule has 0 bridgehead atoms. The third-order valence-electron chi connectivity index (χ3n) is 3.44. The van der Waals surface area contributed by atoms with E-state index in [1.54, 1.807) is 0 Å². The third kappa shape index (κ3) is 3.09. The fraction of sp³-hybridized carbons (Fsp3) is 0.400. The Labute approximate surface area is 142 Å². The van der Waals surface area contributed by atoms with Crippen LogP contribution in [0.3, 0.4) is 0 Å². The summed E-state index contributed by atoms with van der Waals surface area (Å²) in [6, 6.07) is 0. The molecule has 0 atom stereocenters. The van der Waals surface area contributed by atoms with E-state index in [0.29, 0.717) is 10.0 Å². The number of carbonyl (C=O) groups excluding carboxylic acids is 1. The van der Waals surface area contributed by atoms with Crippen LogP contribution in [0.5, 0.6) is 0 Å². The molecule has 3 rings (SSSR count). The van der Waals surface area contributed by atoms with Crippen molar-refractivity contribution in [2.45, 2.75) is 40.5 Å². The van der Waals surface area contributed by atoms with Crippen LogP contribution in [0.25, 0.3) is 10.2 Å². The Morgan fingerprint density at radius 3 is 2.65 bits per heavy atom. The molecule has 23 heavy (non-hydrogen) atoms. The second-order valence-electron chi connectivity index (χ2n) is 5.30. The number of aryl methyl sites for hydroxylation is 4. The molecule has 3 aromatic heterocycles. The van der Waals surface area contributed by atoms with Crippen molar-refractivity contribution < 1.29 is 4.79 Å². The second kappa shape index (κ2) is 6.29. The molecule has 0 fully saturated rings. The minimum atomic E-state index is -0.165. The van der Waals surface area contributed by atoms with Crippen molar-refractivity contribution in [2.24, 2.45) is 0 Å². The summed E-state index contributed by atoms with van der Waals surface area (Å²) in [6.07, 6.45) is 1.89. The van der Waals surface area contributed by atoms with E-state index >= 15 is 0 Å². The lowest BCUT2D eigenvalue weighted by molar-refractivity contribution is 0.103. The maximum atomic E-state index is 12.6. The number of nitrogens with one attached hydrogen (secondary N) is 1. The Morgan fingerprint density at radius 2 is 1.91 bits per heavy atom. The van der Waals surface area contributed by atoms with E-state index < -0.39 is 0 Å². The van der Waals surface area contributed by atoms with Crippen molar-refractivity contribution in [2.75, 3.05) is 5.32 Å². The maximum absolute atomic E-state index is 12.6. The van der Waals surface area contributed by atoms with E-state index in [0.717, 1.165) is 45.1 Å². The fourth-order valence-electron chi connectivity index (χ4n) is 2.46. The van der Waals surface area contributed by atoms with Gasteiger partial charge in [-0.1, -0.05) is 18.3 Å². The topological polar surface area (TPSA) is 80.7 Å². The number of hydrogen-bond acceptors (Lipinski definition) is 7. The van der Waals surface area contributed by atoms with Crippen LogP contribution in [0.1, 0.15) is 45.1 Å². The van der Waals surface area contributed by atoms with Gasteiger partial charge in [-0.15, -0.1) is 21.5 Å². The quantitative estimate of drug-likeness (QED) is 0.779. The number of nitrogens with zero attached hydrogens (tertiary/aromatic N) is 4. The molecule has 1 N–H and O–H groups in total. The second-order valence-corrected chi connectivity index (χ2v) is 7.36. The van der Waals surface area contributed by atoms with E-state index in [1.165, 1.54) is 22.7 Å². The first-order valence-corrected chi connectivity index (χ1v) is 9.01. The minimum absolute atomic E-state index is 0.165. The van der Waals surface area contributed by atoms with Gasteiger partial charge in [-0.05, 0) is 32.8 Å². The van der Waals surface area contributed by atoms with E-state index in [9.17, 15) is 4.79 Å². The third-order valence-corrected chi connectivity index (χ3v) is 5.52. The number of fused-ring (bicyclic) bond motifs is 1. The van der Waals surface area contributed by atoms with E-state index in [2.05, 4.69) is 32.4 Å². The molecule has 0 aliphatic carbocycles. The number of aromatic nitrogens is 4. The summed E-state index contributed by atoms with van der Waals surface area (Å²) in [4.78, 5) is 22.9. The van der Waals surface area contributed by atoms with E-state index in [1.807, 2.05) is 20.8 Å². The molecule has 0 aromatic carbocycles. The summed E-state index contributed by atoms with van der Waals surface area (Å²) < 4.78 is 0. The summed E-state index contributed by atoms with van der Waals surface area (Å²) in [6.45, 7) is 7.82. The number of rotatable bonds is 4. The van der Waals surface area contributed by atoms with Crippen LogP contribution in [0.4, 0.5) is 5.13 Å². The van der Waals surface area contributed by atoms with E-state index in [-0.39, 0.29) is 5.91 Å². The molecule has 0 saturated carbocycles. The van der Waals surface area contributed by atoms with Crippen LogP contribution in [0.15, 0.2) is 0 Å². The maximum Gasteiger partial charge on any atom is 0.267 e. The van der Waals surface area contributed by atoms with Gasteiger partial charge in [0, 0.05) is 17.5 Å². The number of carbonyl (C=O) groups is 1. The lowest BCUT2D eigenvalue weighted by Crippen LogP contribution is -2.11. The first kappa shape index (κ1) is 15.9. The molecule has 1 amide bonds. The zero-order valence-corrected chi connectivity index (χ0v) is 15.1. The first-order chi connectivity index (χ1) is 11.0. The molecule has 3 heterocycles. The Kier molecular flexibility index (Phi) is 4.36. The normalized spacial score (nSPS) is 11.1. The lowest BCUT2D eigenvalue weighted by Gasteiger charge is -2.00. The zero-order chi connectivity index (χ0) is 16.6. The van der Waals surface area contributed by atoms with Crippen LogP contribution in [0.2, 0.25) is 0 Å². The molecule has 8 heteroatoms. The van der Waals surface area contributed by atoms with Crippen LogP contribution < -0.4 is 5.32 Å². The van der Waals surface area contributed by atoms with Crippen LogP contribution >= 0.6 is 22.7 Å². The van der Waals surface area contributed by atoms with Crippen molar-refractivity contribution in [1.29, 1.82) is 0 Å². The highest BCUT2D eigenvalue weighted by Crippen LogP contribution is 2.32. The highest BCUT2D eigenvalue weighted by atomic mass is 32.1. The molecule has 6 nitrogen and oxygen atoms in total. The summed E-state index contributed by atoms with van der Waals surface area (Å²) in [7, 11) is 0. The Hall–Kier alpha value is -1.93. The van der Waals surface area contributed by atoms with Crippen LogP contribution in [-0.2, 0) is 6.42 Å². The largest absolute Gasteiger partial charge is 0.296 e. The monoisotopic (exact) mass is 347 g/mol.